The third-order valence-corrected chi connectivity index (χ3v) is 5.00. The lowest BCUT2D eigenvalue weighted by atomic mass is 10.1. The van der Waals surface area contributed by atoms with Gasteiger partial charge in [-0.2, -0.15) is 0 Å². The molecule has 0 spiro atoms. The maximum Gasteiger partial charge on any atom is 0.322 e. The number of benzene rings is 2. The summed E-state index contributed by atoms with van der Waals surface area (Å²) >= 11 is 0. The number of methoxy groups -OCH3 is 1. The summed E-state index contributed by atoms with van der Waals surface area (Å²) in [6.45, 7) is 8.99. The fraction of sp³-hybridized carbons (Fsp3) is 0.391. The Morgan fingerprint density at radius 2 is 1.90 bits per heavy atom. The highest BCUT2D eigenvalue weighted by Crippen LogP contribution is 2.31. The Morgan fingerprint density at radius 1 is 1.13 bits per heavy atom. The SMILES string of the molecule is COc1cc(C(C)NC(=O)c2ccc(N3CCNC3=O)c(C)c2)ccc1OC(C)C. The number of carbonyl (C=O) groups excluding carboxylic acids is 2. The first-order chi connectivity index (χ1) is 14.3. The molecular weight excluding hydrogens is 382 g/mol. The molecule has 0 aromatic heterocycles. The zero-order chi connectivity index (χ0) is 21.8. The molecule has 2 N–H and O–H groups in total. The molecule has 1 aliphatic rings. The van der Waals surface area contributed by atoms with Gasteiger partial charge < -0.3 is 20.1 Å². The van der Waals surface area contributed by atoms with E-state index in [0.717, 1.165) is 16.8 Å². The number of urea groups is 1. The van der Waals surface area contributed by atoms with Gasteiger partial charge in [-0.25, -0.2) is 4.79 Å². The van der Waals surface area contributed by atoms with Gasteiger partial charge in [0.05, 0.1) is 19.3 Å². The highest BCUT2D eigenvalue weighted by atomic mass is 16.5. The molecule has 1 atom stereocenters. The van der Waals surface area contributed by atoms with Gasteiger partial charge in [-0.3, -0.25) is 9.69 Å². The van der Waals surface area contributed by atoms with Crippen molar-refractivity contribution in [1.82, 2.24) is 10.6 Å². The van der Waals surface area contributed by atoms with Gasteiger partial charge in [0.2, 0.25) is 0 Å². The second-order valence-electron chi connectivity index (χ2n) is 7.66. The van der Waals surface area contributed by atoms with Gasteiger partial charge in [0.1, 0.15) is 0 Å². The summed E-state index contributed by atoms with van der Waals surface area (Å²) in [4.78, 5) is 26.4. The third-order valence-electron chi connectivity index (χ3n) is 5.00. The van der Waals surface area contributed by atoms with E-state index in [1.165, 1.54) is 0 Å². The second kappa shape index (κ2) is 9.07. The predicted molar refractivity (Wildman–Crippen MR) is 117 cm³/mol. The van der Waals surface area contributed by atoms with E-state index in [9.17, 15) is 9.59 Å². The van der Waals surface area contributed by atoms with Crippen molar-refractivity contribution >= 4 is 17.6 Å². The van der Waals surface area contributed by atoms with Gasteiger partial charge in [0, 0.05) is 24.3 Å². The minimum Gasteiger partial charge on any atom is -0.493 e. The molecule has 7 heteroatoms. The van der Waals surface area contributed by atoms with Crippen molar-refractivity contribution in [3.05, 3.63) is 53.1 Å². The fourth-order valence-corrected chi connectivity index (χ4v) is 3.47. The Hall–Kier alpha value is -3.22. The van der Waals surface area contributed by atoms with E-state index in [0.29, 0.717) is 30.2 Å². The summed E-state index contributed by atoms with van der Waals surface area (Å²) in [5.74, 6) is 1.13. The average molecular weight is 412 g/mol. The van der Waals surface area contributed by atoms with E-state index < -0.39 is 0 Å². The van der Waals surface area contributed by atoms with Gasteiger partial charge in [0.15, 0.2) is 11.5 Å². The molecule has 0 bridgehead atoms. The molecule has 3 amide bonds. The van der Waals surface area contributed by atoms with E-state index in [1.807, 2.05) is 58.0 Å². The molecule has 30 heavy (non-hydrogen) atoms. The number of amides is 3. The summed E-state index contributed by atoms with van der Waals surface area (Å²) in [7, 11) is 1.60. The number of rotatable bonds is 7. The number of aryl methyl sites for hydroxylation is 1. The molecule has 2 aromatic carbocycles. The predicted octanol–water partition coefficient (Wildman–Crippen LogP) is 3.81. The van der Waals surface area contributed by atoms with Crippen molar-refractivity contribution in [2.45, 2.75) is 39.8 Å². The van der Waals surface area contributed by atoms with Gasteiger partial charge in [0.25, 0.3) is 5.91 Å². The molecule has 0 saturated carbocycles. The smallest absolute Gasteiger partial charge is 0.322 e. The molecule has 2 aromatic rings. The topological polar surface area (TPSA) is 79.9 Å². The van der Waals surface area contributed by atoms with Gasteiger partial charge in [-0.1, -0.05) is 6.07 Å². The maximum absolute atomic E-state index is 12.8. The molecule has 1 unspecified atom stereocenters. The standard InChI is InChI=1S/C23H29N3O4/c1-14(2)30-20-9-7-17(13-21(20)29-5)16(4)25-22(27)18-6-8-19(15(3)12-18)26-11-10-24-23(26)28/h6-9,12-14,16H,10-11H2,1-5H3,(H,24,28)(H,25,27). The Bertz CT molecular complexity index is 942. The first-order valence-corrected chi connectivity index (χ1v) is 10.1. The molecule has 1 fully saturated rings. The Kier molecular flexibility index (Phi) is 6.50. The Balaban J connectivity index is 1.72. The summed E-state index contributed by atoms with van der Waals surface area (Å²) in [6.07, 6.45) is 0.0414. The molecule has 1 saturated heterocycles. The van der Waals surface area contributed by atoms with Crippen LogP contribution >= 0.6 is 0 Å². The third kappa shape index (κ3) is 4.67. The van der Waals surface area contributed by atoms with Crippen LogP contribution in [-0.2, 0) is 0 Å². The van der Waals surface area contributed by atoms with Crippen LogP contribution in [0, 0.1) is 6.92 Å². The minimum absolute atomic E-state index is 0.0414. The van der Waals surface area contributed by atoms with E-state index in [1.54, 1.807) is 18.1 Å². The van der Waals surface area contributed by atoms with Gasteiger partial charge >= 0.3 is 6.03 Å². The lowest BCUT2D eigenvalue weighted by molar-refractivity contribution is 0.0939. The lowest BCUT2D eigenvalue weighted by Crippen LogP contribution is -2.29. The van der Waals surface area contributed by atoms with Gasteiger partial charge in [-0.05, 0) is 69.2 Å². The van der Waals surface area contributed by atoms with Crippen molar-refractivity contribution in [3.63, 3.8) is 0 Å². The highest BCUT2D eigenvalue weighted by molar-refractivity contribution is 5.98. The Morgan fingerprint density at radius 3 is 2.50 bits per heavy atom. The van der Waals surface area contributed by atoms with Crippen molar-refractivity contribution < 1.29 is 19.1 Å². The van der Waals surface area contributed by atoms with Crippen LogP contribution in [0.3, 0.4) is 0 Å². The molecule has 3 rings (SSSR count). The van der Waals surface area contributed by atoms with Crippen molar-refractivity contribution in [3.8, 4) is 11.5 Å². The summed E-state index contributed by atoms with van der Waals surface area (Å²) in [5.41, 5.74) is 3.16. The zero-order valence-electron chi connectivity index (χ0n) is 18.1. The summed E-state index contributed by atoms with van der Waals surface area (Å²) in [6, 6.07) is 10.7. The number of hydrogen-bond donors (Lipinski definition) is 2. The van der Waals surface area contributed by atoms with Crippen molar-refractivity contribution in [1.29, 1.82) is 0 Å². The number of nitrogens with one attached hydrogen (secondary N) is 2. The molecule has 160 valence electrons. The normalized spacial score (nSPS) is 14.5. The quantitative estimate of drug-likeness (QED) is 0.726. The number of nitrogens with zero attached hydrogens (tertiary/aromatic N) is 1. The van der Waals surface area contributed by atoms with Crippen LogP contribution in [0.1, 0.15) is 48.3 Å². The van der Waals surface area contributed by atoms with Crippen molar-refractivity contribution in [2.24, 2.45) is 0 Å². The summed E-state index contributed by atoms with van der Waals surface area (Å²) in [5, 5.41) is 5.81. The van der Waals surface area contributed by atoms with Gasteiger partial charge in [-0.15, -0.1) is 0 Å². The molecule has 0 aliphatic carbocycles. The van der Waals surface area contributed by atoms with Crippen LogP contribution in [-0.4, -0.2) is 38.2 Å². The maximum atomic E-state index is 12.8. The summed E-state index contributed by atoms with van der Waals surface area (Å²) < 4.78 is 11.2. The Labute approximate surface area is 177 Å². The minimum atomic E-state index is -0.219. The first kappa shape index (κ1) is 21.5. The van der Waals surface area contributed by atoms with Crippen LogP contribution < -0.4 is 25.0 Å². The van der Waals surface area contributed by atoms with Crippen LogP contribution in [0.5, 0.6) is 11.5 Å². The van der Waals surface area contributed by atoms with Crippen LogP contribution in [0.25, 0.3) is 0 Å². The van der Waals surface area contributed by atoms with Crippen LogP contribution in [0.2, 0.25) is 0 Å². The molecule has 1 heterocycles. The monoisotopic (exact) mass is 411 g/mol. The number of ether oxygens (including phenoxy) is 2. The number of carbonyl (C=O) groups is 2. The molecular formula is C23H29N3O4. The first-order valence-electron chi connectivity index (χ1n) is 10.1. The zero-order valence-corrected chi connectivity index (χ0v) is 18.1. The molecule has 0 radical (unpaired) electrons. The van der Waals surface area contributed by atoms with E-state index in [2.05, 4.69) is 10.6 Å². The average Bonchev–Trinajstić information content (AvgIpc) is 3.13. The van der Waals surface area contributed by atoms with E-state index in [-0.39, 0.29) is 24.1 Å². The number of anilines is 1. The molecule has 1 aliphatic heterocycles. The fourth-order valence-electron chi connectivity index (χ4n) is 3.47. The van der Waals surface area contributed by atoms with Crippen LogP contribution in [0.15, 0.2) is 36.4 Å². The highest BCUT2D eigenvalue weighted by Gasteiger charge is 2.23. The number of hydrogen-bond acceptors (Lipinski definition) is 4. The van der Waals surface area contributed by atoms with E-state index >= 15 is 0 Å². The molecule has 7 nitrogen and oxygen atoms in total. The van der Waals surface area contributed by atoms with E-state index in [4.69, 9.17) is 9.47 Å². The van der Waals surface area contributed by atoms with Crippen molar-refractivity contribution in [2.75, 3.05) is 25.1 Å². The van der Waals surface area contributed by atoms with Crippen LogP contribution in [0.4, 0.5) is 10.5 Å². The lowest BCUT2D eigenvalue weighted by Gasteiger charge is -2.20. The second-order valence-corrected chi connectivity index (χ2v) is 7.66. The largest absolute Gasteiger partial charge is 0.493 e.